The van der Waals surface area contributed by atoms with Crippen LogP contribution in [0.4, 0.5) is 0 Å². The second-order valence-corrected chi connectivity index (χ2v) is 7.94. The summed E-state index contributed by atoms with van der Waals surface area (Å²) < 4.78 is 11.4. The van der Waals surface area contributed by atoms with E-state index >= 15 is 0 Å². The molecular formula is C23H39IN4O2. The summed E-state index contributed by atoms with van der Waals surface area (Å²) >= 11 is 0. The highest BCUT2D eigenvalue weighted by atomic mass is 127. The Morgan fingerprint density at radius 1 is 1.10 bits per heavy atom. The number of likely N-dealkylation sites (N-methyl/N-ethyl adjacent to an activating group) is 1. The molecule has 1 unspecified atom stereocenters. The van der Waals surface area contributed by atoms with Crippen molar-refractivity contribution in [3.8, 4) is 0 Å². The molecule has 0 radical (unpaired) electrons. The highest BCUT2D eigenvalue weighted by Crippen LogP contribution is 2.16. The summed E-state index contributed by atoms with van der Waals surface area (Å²) in [5.74, 6) is 0.905. The number of hydrogen-bond acceptors (Lipinski definition) is 4. The van der Waals surface area contributed by atoms with Crippen LogP contribution in [0.1, 0.15) is 50.7 Å². The number of ether oxygens (including phenoxy) is 2. The van der Waals surface area contributed by atoms with E-state index in [9.17, 15) is 0 Å². The molecule has 1 atom stereocenters. The SMILES string of the molecule is CCNC(=NCc1ccc(COC2CCOCC2)cc1)NCC1CCCN1CC.I. The second kappa shape index (κ2) is 14.2. The number of guanidine groups is 1. The molecule has 1 aromatic rings. The topological polar surface area (TPSA) is 58.1 Å². The number of halogens is 1. The molecule has 2 N–H and O–H groups in total. The molecule has 7 heteroatoms. The van der Waals surface area contributed by atoms with Crippen molar-refractivity contribution in [1.29, 1.82) is 0 Å². The fourth-order valence-electron chi connectivity index (χ4n) is 4.07. The Kier molecular flexibility index (Phi) is 12.0. The molecule has 6 nitrogen and oxygen atoms in total. The van der Waals surface area contributed by atoms with Gasteiger partial charge in [0.15, 0.2) is 5.96 Å². The van der Waals surface area contributed by atoms with Crippen molar-refractivity contribution < 1.29 is 9.47 Å². The predicted octanol–water partition coefficient (Wildman–Crippen LogP) is 3.54. The van der Waals surface area contributed by atoms with Gasteiger partial charge >= 0.3 is 0 Å². The molecular weight excluding hydrogens is 491 g/mol. The van der Waals surface area contributed by atoms with Gasteiger partial charge in [0, 0.05) is 32.3 Å². The minimum atomic E-state index is 0. The lowest BCUT2D eigenvalue weighted by atomic mass is 10.1. The zero-order valence-corrected chi connectivity index (χ0v) is 20.9. The molecule has 30 heavy (non-hydrogen) atoms. The van der Waals surface area contributed by atoms with E-state index in [0.717, 1.165) is 51.6 Å². The molecule has 3 rings (SSSR count). The van der Waals surface area contributed by atoms with Crippen LogP contribution in [0.3, 0.4) is 0 Å². The van der Waals surface area contributed by atoms with Gasteiger partial charge in [-0.05, 0) is 56.8 Å². The summed E-state index contributed by atoms with van der Waals surface area (Å²) in [6.45, 7) is 11.5. The summed E-state index contributed by atoms with van der Waals surface area (Å²) in [6, 6.07) is 9.25. The van der Waals surface area contributed by atoms with Gasteiger partial charge in [-0.1, -0.05) is 31.2 Å². The number of rotatable bonds is 9. The third-order valence-electron chi connectivity index (χ3n) is 5.85. The second-order valence-electron chi connectivity index (χ2n) is 7.94. The summed E-state index contributed by atoms with van der Waals surface area (Å²) in [6.07, 6.45) is 4.93. The number of likely N-dealkylation sites (tertiary alicyclic amines) is 1. The summed E-state index contributed by atoms with van der Waals surface area (Å²) in [5, 5.41) is 6.90. The van der Waals surface area contributed by atoms with Crippen LogP contribution in [0.15, 0.2) is 29.3 Å². The maximum atomic E-state index is 6.01. The average molecular weight is 530 g/mol. The Hall–Kier alpha value is -0.900. The van der Waals surface area contributed by atoms with Crippen LogP contribution in [-0.2, 0) is 22.6 Å². The quantitative estimate of drug-likeness (QED) is 0.291. The molecule has 0 aromatic heterocycles. The zero-order valence-electron chi connectivity index (χ0n) is 18.6. The van der Waals surface area contributed by atoms with Crippen molar-refractivity contribution in [1.82, 2.24) is 15.5 Å². The molecule has 2 saturated heterocycles. The average Bonchev–Trinajstić information content (AvgIpc) is 3.23. The molecule has 2 aliphatic rings. The van der Waals surface area contributed by atoms with Gasteiger partial charge in [0.05, 0.1) is 19.3 Å². The van der Waals surface area contributed by atoms with Gasteiger partial charge in [-0.25, -0.2) is 4.99 Å². The largest absolute Gasteiger partial charge is 0.381 e. The number of nitrogens with one attached hydrogen (secondary N) is 2. The van der Waals surface area contributed by atoms with Crippen molar-refractivity contribution in [2.24, 2.45) is 4.99 Å². The van der Waals surface area contributed by atoms with Crippen LogP contribution in [0.5, 0.6) is 0 Å². The first-order valence-electron chi connectivity index (χ1n) is 11.3. The standard InChI is InChI=1S/C23H38N4O2.HI/c1-3-24-23(26-17-21-6-5-13-27(21)4-2)25-16-19-7-9-20(10-8-19)18-29-22-11-14-28-15-12-22;/h7-10,21-22H,3-6,11-18H2,1-2H3,(H2,24,25,26);1H. The molecule has 0 spiro atoms. The minimum absolute atomic E-state index is 0. The predicted molar refractivity (Wildman–Crippen MR) is 134 cm³/mol. The minimum Gasteiger partial charge on any atom is -0.381 e. The highest BCUT2D eigenvalue weighted by Gasteiger charge is 2.22. The van der Waals surface area contributed by atoms with E-state index in [1.165, 1.54) is 30.5 Å². The van der Waals surface area contributed by atoms with Crippen molar-refractivity contribution in [3.05, 3.63) is 35.4 Å². The van der Waals surface area contributed by atoms with E-state index < -0.39 is 0 Å². The fraction of sp³-hybridized carbons (Fsp3) is 0.696. The van der Waals surface area contributed by atoms with Crippen LogP contribution in [-0.4, -0.2) is 62.4 Å². The Morgan fingerprint density at radius 3 is 2.53 bits per heavy atom. The molecule has 2 heterocycles. The van der Waals surface area contributed by atoms with Gasteiger partial charge in [-0.3, -0.25) is 4.90 Å². The molecule has 0 aliphatic carbocycles. The molecule has 2 aliphatic heterocycles. The molecule has 2 fully saturated rings. The molecule has 170 valence electrons. The van der Waals surface area contributed by atoms with E-state index in [1.54, 1.807) is 0 Å². The Morgan fingerprint density at radius 2 is 1.83 bits per heavy atom. The van der Waals surface area contributed by atoms with Gasteiger partial charge in [0.2, 0.25) is 0 Å². The van der Waals surface area contributed by atoms with Gasteiger partial charge in [0.1, 0.15) is 0 Å². The number of benzene rings is 1. The van der Waals surface area contributed by atoms with Crippen LogP contribution in [0, 0.1) is 0 Å². The Balaban J connectivity index is 0.00000320. The van der Waals surface area contributed by atoms with Gasteiger partial charge in [-0.15, -0.1) is 24.0 Å². The first kappa shape index (κ1) is 25.4. The highest BCUT2D eigenvalue weighted by molar-refractivity contribution is 14.0. The molecule has 1 aromatic carbocycles. The van der Waals surface area contributed by atoms with Crippen LogP contribution < -0.4 is 10.6 Å². The van der Waals surface area contributed by atoms with Crippen molar-refractivity contribution in [2.45, 2.75) is 64.8 Å². The first-order chi connectivity index (χ1) is 14.3. The van der Waals surface area contributed by atoms with Crippen LogP contribution in [0.25, 0.3) is 0 Å². The molecule has 0 amide bonds. The van der Waals surface area contributed by atoms with Gasteiger partial charge in [0.25, 0.3) is 0 Å². The lowest BCUT2D eigenvalue weighted by molar-refractivity contribution is -0.0390. The van der Waals surface area contributed by atoms with E-state index in [0.29, 0.717) is 25.3 Å². The van der Waals surface area contributed by atoms with E-state index in [4.69, 9.17) is 14.5 Å². The maximum Gasteiger partial charge on any atom is 0.191 e. The number of aliphatic imine (C=N–C) groups is 1. The van der Waals surface area contributed by atoms with Gasteiger partial charge in [-0.2, -0.15) is 0 Å². The van der Waals surface area contributed by atoms with E-state index in [2.05, 4.69) is 53.6 Å². The molecule has 0 bridgehead atoms. The first-order valence-corrected chi connectivity index (χ1v) is 11.3. The fourth-order valence-corrected chi connectivity index (χ4v) is 4.07. The van der Waals surface area contributed by atoms with Crippen LogP contribution in [0.2, 0.25) is 0 Å². The maximum absolute atomic E-state index is 6.01. The summed E-state index contributed by atoms with van der Waals surface area (Å²) in [7, 11) is 0. The third kappa shape index (κ3) is 8.32. The monoisotopic (exact) mass is 530 g/mol. The van der Waals surface area contributed by atoms with E-state index in [1.807, 2.05) is 0 Å². The third-order valence-corrected chi connectivity index (χ3v) is 5.85. The summed E-state index contributed by atoms with van der Waals surface area (Å²) in [4.78, 5) is 7.33. The van der Waals surface area contributed by atoms with Crippen LogP contribution >= 0.6 is 24.0 Å². The zero-order chi connectivity index (χ0) is 20.3. The smallest absolute Gasteiger partial charge is 0.191 e. The van der Waals surface area contributed by atoms with Crippen molar-refractivity contribution in [2.75, 3.05) is 39.4 Å². The molecule has 0 saturated carbocycles. The Labute approximate surface area is 199 Å². The van der Waals surface area contributed by atoms with E-state index in [-0.39, 0.29) is 24.0 Å². The van der Waals surface area contributed by atoms with Crippen molar-refractivity contribution in [3.63, 3.8) is 0 Å². The number of nitrogens with zero attached hydrogens (tertiary/aromatic N) is 2. The van der Waals surface area contributed by atoms with Crippen molar-refractivity contribution >= 4 is 29.9 Å². The normalized spacial score (nSPS) is 20.7. The number of hydrogen-bond donors (Lipinski definition) is 2. The Bertz CT molecular complexity index is 620. The lowest BCUT2D eigenvalue weighted by Crippen LogP contribution is -2.44. The van der Waals surface area contributed by atoms with Gasteiger partial charge < -0.3 is 20.1 Å². The summed E-state index contributed by atoms with van der Waals surface area (Å²) in [5.41, 5.74) is 2.43. The lowest BCUT2D eigenvalue weighted by Gasteiger charge is -2.24.